The molecule has 0 radical (unpaired) electrons. The fourth-order valence-corrected chi connectivity index (χ4v) is 2.71. The molecule has 0 aromatic heterocycles. The maximum absolute atomic E-state index is 12.6. The molecule has 2 N–H and O–H groups in total. The van der Waals surface area contributed by atoms with E-state index in [1.165, 1.54) is 9.80 Å². The Balaban J connectivity index is 3.04. The average Bonchev–Trinajstić information content (AvgIpc) is 2.82. The molecule has 2 amide bonds. The Morgan fingerprint density at radius 2 is 2.00 bits per heavy atom. The van der Waals surface area contributed by atoms with Crippen LogP contribution in [-0.2, 0) is 4.79 Å². The number of hydrogen-bond donors (Lipinski definition) is 2. The smallest absolute Gasteiger partial charge is 0.329 e. The molecule has 1 unspecified atom stereocenters. The third-order valence-electron chi connectivity index (χ3n) is 4.36. The van der Waals surface area contributed by atoms with Crippen LogP contribution in [0, 0.1) is 0 Å². The molecule has 1 aliphatic heterocycles. The van der Waals surface area contributed by atoms with Gasteiger partial charge in [-0.2, -0.15) is 0 Å². The second-order valence-corrected chi connectivity index (χ2v) is 6.15. The number of carbonyl (C=O) groups excluding carboxylic acids is 1. The standard InChI is InChI=1S/C14H26N2O4/c1-5-7-14(11(18)19)8-6-9-16(14)12(20)15(4)13(2,3)10-17/h17H,5-10H2,1-4H3,(H,18,19). The molecule has 6 heteroatoms. The number of carboxylic acid groups (broad SMARTS) is 1. The summed E-state index contributed by atoms with van der Waals surface area (Å²) in [5.41, 5.74) is -1.80. The zero-order valence-corrected chi connectivity index (χ0v) is 12.8. The molecule has 0 bridgehead atoms. The number of aliphatic hydroxyl groups excluding tert-OH is 1. The highest BCUT2D eigenvalue weighted by molar-refractivity contribution is 5.87. The van der Waals surface area contributed by atoms with Crippen LogP contribution in [0.15, 0.2) is 0 Å². The zero-order valence-electron chi connectivity index (χ0n) is 12.8. The van der Waals surface area contributed by atoms with Crippen molar-refractivity contribution in [1.82, 2.24) is 9.80 Å². The third-order valence-corrected chi connectivity index (χ3v) is 4.36. The monoisotopic (exact) mass is 286 g/mol. The molecule has 1 fully saturated rings. The molecule has 0 saturated carbocycles. The van der Waals surface area contributed by atoms with Crippen LogP contribution < -0.4 is 0 Å². The number of carbonyl (C=O) groups is 2. The van der Waals surface area contributed by atoms with E-state index in [9.17, 15) is 19.8 Å². The minimum atomic E-state index is -1.09. The van der Waals surface area contributed by atoms with Gasteiger partial charge in [-0.15, -0.1) is 0 Å². The molecular weight excluding hydrogens is 260 g/mol. The zero-order chi connectivity index (χ0) is 15.6. The van der Waals surface area contributed by atoms with E-state index in [-0.39, 0.29) is 12.6 Å². The van der Waals surface area contributed by atoms with Crippen LogP contribution in [0.3, 0.4) is 0 Å². The molecule has 1 heterocycles. The highest BCUT2D eigenvalue weighted by atomic mass is 16.4. The first kappa shape index (κ1) is 16.8. The number of amides is 2. The largest absolute Gasteiger partial charge is 0.479 e. The van der Waals surface area contributed by atoms with E-state index in [1.807, 2.05) is 6.92 Å². The lowest BCUT2D eigenvalue weighted by molar-refractivity contribution is -0.149. The van der Waals surface area contributed by atoms with Crippen molar-refractivity contribution in [3.8, 4) is 0 Å². The van der Waals surface area contributed by atoms with E-state index in [4.69, 9.17) is 0 Å². The van der Waals surface area contributed by atoms with E-state index in [1.54, 1.807) is 20.9 Å². The van der Waals surface area contributed by atoms with Gasteiger partial charge in [-0.1, -0.05) is 13.3 Å². The summed E-state index contributed by atoms with van der Waals surface area (Å²) in [7, 11) is 1.61. The quantitative estimate of drug-likeness (QED) is 0.803. The summed E-state index contributed by atoms with van der Waals surface area (Å²) in [5, 5.41) is 19.0. The molecule has 116 valence electrons. The molecular formula is C14H26N2O4. The molecule has 1 rings (SSSR count). The number of hydrogen-bond acceptors (Lipinski definition) is 3. The predicted octanol–water partition coefficient (Wildman–Crippen LogP) is 1.53. The summed E-state index contributed by atoms with van der Waals surface area (Å²) in [6.45, 7) is 5.72. The van der Waals surface area contributed by atoms with Gasteiger partial charge in [-0.25, -0.2) is 9.59 Å². The number of rotatable bonds is 5. The molecule has 0 aromatic rings. The van der Waals surface area contributed by atoms with E-state index in [0.717, 1.165) is 0 Å². The number of aliphatic carboxylic acids is 1. The Morgan fingerprint density at radius 3 is 2.45 bits per heavy atom. The van der Waals surface area contributed by atoms with Crippen LogP contribution in [0.2, 0.25) is 0 Å². The minimum absolute atomic E-state index is 0.170. The fraction of sp³-hybridized carbons (Fsp3) is 0.857. The molecule has 1 atom stereocenters. The summed E-state index contributed by atoms with van der Waals surface area (Å²) in [6.07, 6.45) is 2.37. The lowest BCUT2D eigenvalue weighted by Crippen LogP contribution is -2.60. The number of likely N-dealkylation sites (N-methyl/N-ethyl adjacent to an activating group) is 1. The van der Waals surface area contributed by atoms with Crippen LogP contribution in [-0.4, -0.2) is 63.3 Å². The Kier molecular flexibility index (Phi) is 5.02. The summed E-state index contributed by atoms with van der Waals surface area (Å²) in [6, 6.07) is -0.322. The van der Waals surface area contributed by atoms with E-state index in [2.05, 4.69) is 0 Å². The van der Waals surface area contributed by atoms with Crippen LogP contribution >= 0.6 is 0 Å². The Bertz CT molecular complexity index is 383. The van der Waals surface area contributed by atoms with Crippen molar-refractivity contribution in [3.63, 3.8) is 0 Å². The van der Waals surface area contributed by atoms with Crippen molar-refractivity contribution in [2.24, 2.45) is 0 Å². The summed E-state index contributed by atoms with van der Waals surface area (Å²) >= 11 is 0. The van der Waals surface area contributed by atoms with Gasteiger partial charge in [0.2, 0.25) is 0 Å². The van der Waals surface area contributed by atoms with Gasteiger partial charge in [0.25, 0.3) is 0 Å². The van der Waals surface area contributed by atoms with Crippen molar-refractivity contribution in [2.45, 2.75) is 57.5 Å². The second kappa shape index (κ2) is 5.99. The predicted molar refractivity (Wildman–Crippen MR) is 75.5 cm³/mol. The minimum Gasteiger partial charge on any atom is -0.479 e. The number of urea groups is 1. The highest BCUT2D eigenvalue weighted by Crippen LogP contribution is 2.35. The van der Waals surface area contributed by atoms with Gasteiger partial charge >= 0.3 is 12.0 Å². The highest BCUT2D eigenvalue weighted by Gasteiger charge is 2.50. The molecule has 0 aromatic carbocycles. The lowest BCUT2D eigenvalue weighted by Gasteiger charge is -2.41. The first-order valence-corrected chi connectivity index (χ1v) is 7.12. The molecule has 1 aliphatic rings. The van der Waals surface area contributed by atoms with Crippen LogP contribution in [0.1, 0.15) is 46.5 Å². The van der Waals surface area contributed by atoms with Crippen LogP contribution in [0.4, 0.5) is 4.79 Å². The SMILES string of the molecule is CCCC1(C(=O)O)CCCN1C(=O)N(C)C(C)(C)CO. The fourth-order valence-electron chi connectivity index (χ4n) is 2.71. The maximum Gasteiger partial charge on any atom is 0.329 e. The summed E-state index contributed by atoms with van der Waals surface area (Å²) < 4.78 is 0. The number of nitrogens with zero attached hydrogens (tertiary/aromatic N) is 2. The topological polar surface area (TPSA) is 81.1 Å². The molecule has 20 heavy (non-hydrogen) atoms. The van der Waals surface area contributed by atoms with Gasteiger partial charge in [0.15, 0.2) is 0 Å². The van der Waals surface area contributed by atoms with Crippen LogP contribution in [0.25, 0.3) is 0 Å². The summed E-state index contributed by atoms with van der Waals surface area (Å²) in [4.78, 5) is 27.2. The van der Waals surface area contributed by atoms with Crippen LogP contribution in [0.5, 0.6) is 0 Å². The first-order chi connectivity index (χ1) is 9.23. The van der Waals surface area contributed by atoms with E-state index >= 15 is 0 Å². The Hall–Kier alpha value is -1.30. The molecule has 0 aliphatic carbocycles. The van der Waals surface area contributed by atoms with Crippen molar-refractivity contribution in [3.05, 3.63) is 0 Å². The van der Waals surface area contributed by atoms with Gasteiger partial charge in [0.05, 0.1) is 12.1 Å². The van der Waals surface area contributed by atoms with Crippen molar-refractivity contribution in [1.29, 1.82) is 0 Å². The van der Waals surface area contributed by atoms with E-state index in [0.29, 0.717) is 32.2 Å². The molecule has 0 spiro atoms. The maximum atomic E-state index is 12.6. The average molecular weight is 286 g/mol. The summed E-state index contributed by atoms with van der Waals surface area (Å²) in [5.74, 6) is -0.930. The van der Waals surface area contributed by atoms with Gasteiger partial charge in [0, 0.05) is 13.6 Å². The van der Waals surface area contributed by atoms with Crippen molar-refractivity contribution >= 4 is 12.0 Å². The van der Waals surface area contributed by atoms with Crippen molar-refractivity contribution in [2.75, 3.05) is 20.2 Å². The lowest BCUT2D eigenvalue weighted by atomic mass is 9.90. The van der Waals surface area contributed by atoms with Crippen molar-refractivity contribution < 1.29 is 19.8 Å². The number of likely N-dealkylation sites (tertiary alicyclic amines) is 1. The number of aliphatic hydroxyl groups is 1. The second-order valence-electron chi connectivity index (χ2n) is 6.15. The Labute approximate surface area is 120 Å². The van der Waals surface area contributed by atoms with Gasteiger partial charge < -0.3 is 20.0 Å². The normalized spacial score (nSPS) is 22.9. The molecule has 1 saturated heterocycles. The third kappa shape index (κ3) is 2.75. The Morgan fingerprint density at radius 1 is 1.40 bits per heavy atom. The molecule has 6 nitrogen and oxygen atoms in total. The first-order valence-electron chi connectivity index (χ1n) is 7.12. The number of carboxylic acids is 1. The van der Waals surface area contributed by atoms with E-state index < -0.39 is 17.0 Å². The van der Waals surface area contributed by atoms with Gasteiger partial charge in [-0.3, -0.25) is 0 Å². The van der Waals surface area contributed by atoms with Gasteiger partial charge in [-0.05, 0) is 33.1 Å². The van der Waals surface area contributed by atoms with Gasteiger partial charge in [0.1, 0.15) is 5.54 Å².